The molecular weight excluding hydrogens is 368 g/mol. The summed E-state index contributed by atoms with van der Waals surface area (Å²) in [6.07, 6.45) is 2.42. The molecule has 2 aliphatic carbocycles. The third kappa shape index (κ3) is 3.44. The minimum Gasteiger partial charge on any atom is -0.493 e. The SMILES string of the molecule is COc1cc(C(=O)NNC(=O)[C@H]2[C@H]3CC[C@@H](C3)[C@@H]2C(=O)O)cc(OC)c1OC. The van der Waals surface area contributed by atoms with E-state index in [0.29, 0.717) is 17.2 Å². The molecule has 9 nitrogen and oxygen atoms in total. The van der Waals surface area contributed by atoms with Gasteiger partial charge < -0.3 is 19.3 Å². The molecule has 0 aliphatic heterocycles. The fraction of sp³-hybridized carbons (Fsp3) is 0.526. The van der Waals surface area contributed by atoms with E-state index in [1.807, 2.05) is 0 Å². The lowest BCUT2D eigenvalue weighted by molar-refractivity contribution is -0.149. The topological polar surface area (TPSA) is 123 Å². The molecule has 3 N–H and O–H groups in total. The van der Waals surface area contributed by atoms with Gasteiger partial charge in [-0.25, -0.2) is 0 Å². The van der Waals surface area contributed by atoms with Gasteiger partial charge in [-0.15, -0.1) is 0 Å². The first-order valence-electron chi connectivity index (χ1n) is 9.04. The van der Waals surface area contributed by atoms with Crippen molar-refractivity contribution in [3.05, 3.63) is 17.7 Å². The quantitative estimate of drug-likeness (QED) is 0.622. The highest BCUT2D eigenvalue weighted by Crippen LogP contribution is 2.52. The minimum absolute atomic E-state index is 0.0315. The first kappa shape index (κ1) is 19.8. The van der Waals surface area contributed by atoms with Crippen LogP contribution in [0, 0.1) is 23.7 Å². The van der Waals surface area contributed by atoms with Crippen molar-refractivity contribution in [1.29, 1.82) is 0 Å². The van der Waals surface area contributed by atoms with Gasteiger partial charge >= 0.3 is 5.97 Å². The number of ether oxygens (including phenoxy) is 3. The molecule has 152 valence electrons. The van der Waals surface area contributed by atoms with Gasteiger partial charge in [-0.1, -0.05) is 0 Å². The zero-order valence-corrected chi connectivity index (χ0v) is 16.0. The summed E-state index contributed by atoms with van der Waals surface area (Å²) in [5.74, 6) is -2.31. The number of benzene rings is 1. The Kier molecular flexibility index (Phi) is 5.62. The van der Waals surface area contributed by atoms with Crippen LogP contribution in [-0.2, 0) is 9.59 Å². The summed E-state index contributed by atoms with van der Waals surface area (Å²) in [7, 11) is 4.32. The maximum atomic E-state index is 12.6. The van der Waals surface area contributed by atoms with Gasteiger partial charge in [0.05, 0.1) is 33.2 Å². The molecular formula is C19H24N2O7. The van der Waals surface area contributed by atoms with E-state index in [1.54, 1.807) is 0 Å². The number of carboxylic acid groups (broad SMARTS) is 1. The summed E-state index contributed by atoms with van der Waals surface area (Å²) in [6, 6.07) is 2.92. The number of hydrazine groups is 1. The van der Waals surface area contributed by atoms with Crippen LogP contribution in [0.5, 0.6) is 17.2 Å². The van der Waals surface area contributed by atoms with E-state index in [2.05, 4.69) is 10.9 Å². The number of carbonyl (C=O) groups is 3. The number of aliphatic carboxylic acids is 1. The standard InChI is InChI=1S/C19H24N2O7/c1-26-12-7-11(8-13(27-2)16(12)28-3)17(22)20-21-18(23)14-9-4-5-10(6-9)15(14)19(24)25/h7-10,14-15H,4-6H2,1-3H3,(H,20,22)(H,21,23)(H,24,25)/t9-,10-,14-,15-/m0/s1. The molecule has 3 rings (SSSR count). The molecule has 0 spiro atoms. The lowest BCUT2D eigenvalue weighted by atomic mass is 9.79. The van der Waals surface area contributed by atoms with Crippen LogP contribution in [0.1, 0.15) is 29.6 Å². The number of hydrogen-bond acceptors (Lipinski definition) is 6. The third-order valence-electron chi connectivity index (χ3n) is 5.73. The molecule has 0 unspecified atom stereocenters. The highest BCUT2D eigenvalue weighted by Gasteiger charge is 2.54. The summed E-state index contributed by atoms with van der Waals surface area (Å²) >= 11 is 0. The number of carbonyl (C=O) groups excluding carboxylic acids is 2. The zero-order valence-electron chi connectivity index (χ0n) is 16.0. The van der Waals surface area contributed by atoms with E-state index >= 15 is 0 Å². The Hall–Kier alpha value is -2.97. The Bertz CT molecular complexity index is 769. The fourth-order valence-electron chi connectivity index (χ4n) is 4.51. The van der Waals surface area contributed by atoms with Gasteiger partial charge in [-0.2, -0.15) is 0 Å². The Morgan fingerprint density at radius 1 is 0.929 bits per heavy atom. The first-order chi connectivity index (χ1) is 13.4. The summed E-state index contributed by atoms with van der Waals surface area (Å²) in [5.41, 5.74) is 4.92. The summed E-state index contributed by atoms with van der Waals surface area (Å²) in [4.78, 5) is 36.6. The van der Waals surface area contributed by atoms with Crippen LogP contribution in [0.25, 0.3) is 0 Å². The number of methoxy groups -OCH3 is 3. The van der Waals surface area contributed by atoms with E-state index in [-0.39, 0.29) is 17.4 Å². The van der Waals surface area contributed by atoms with Gasteiger partial charge in [0.15, 0.2) is 11.5 Å². The van der Waals surface area contributed by atoms with E-state index in [0.717, 1.165) is 19.3 Å². The normalized spacial score (nSPS) is 25.1. The first-order valence-corrected chi connectivity index (χ1v) is 9.04. The van der Waals surface area contributed by atoms with Gasteiger partial charge in [0, 0.05) is 5.56 Å². The predicted octanol–water partition coefficient (Wildman–Crippen LogP) is 1.22. The van der Waals surface area contributed by atoms with Crippen molar-refractivity contribution in [3.63, 3.8) is 0 Å². The maximum absolute atomic E-state index is 12.6. The summed E-state index contributed by atoms with van der Waals surface area (Å²) in [5, 5.41) is 9.47. The third-order valence-corrected chi connectivity index (χ3v) is 5.73. The number of nitrogens with one attached hydrogen (secondary N) is 2. The van der Waals surface area contributed by atoms with Crippen molar-refractivity contribution in [2.45, 2.75) is 19.3 Å². The smallest absolute Gasteiger partial charge is 0.307 e. The molecule has 1 aromatic rings. The highest BCUT2D eigenvalue weighted by molar-refractivity contribution is 5.97. The molecule has 0 heterocycles. The van der Waals surface area contributed by atoms with Gasteiger partial charge in [0.25, 0.3) is 5.91 Å². The predicted molar refractivity (Wildman–Crippen MR) is 97.2 cm³/mol. The second-order valence-electron chi connectivity index (χ2n) is 7.08. The van der Waals surface area contributed by atoms with E-state index in [1.165, 1.54) is 33.5 Å². The van der Waals surface area contributed by atoms with Crippen LogP contribution in [0.4, 0.5) is 0 Å². The van der Waals surface area contributed by atoms with Crippen molar-refractivity contribution in [3.8, 4) is 17.2 Å². The Morgan fingerprint density at radius 3 is 2.00 bits per heavy atom. The molecule has 2 fully saturated rings. The second-order valence-corrected chi connectivity index (χ2v) is 7.08. The zero-order chi connectivity index (χ0) is 20.4. The van der Waals surface area contributed by atoms with Crippen molar-refractivity contribution < 1.29 is 33.7 Å². The molecule has 1 aromatic carbocycles. The molecule has 9 heteroatoms. The molecule has 28 heavy (non-hydrogen) atoms. The van der Waals surface area contributed by atoms with Crippen LogP contribution in [-0.4, -0.2) is 44.2 Å². The van der Waals surface area contributed by atoms with E-state index < -0.39 is 29.6 Å². The average Bonchev–Trinajstić information content (AvgIpc) is 3.32. The largest absolute Gasteiger partial charge is 0.493 e. The molecule has 2 amide bonds. The molecule has 4 atom stereocenters. The lowest BCUT2D eigenvalue weighted by Gasteiger charge is -2.27. The summed E-state index contributed by atoms with van der Waals surface area (Å²) in [6.45, 7) is 0. The summed E-state index contributed by atoms with van der Waals surface area (Å²) < 4.78 is 15.6. The number of rotatable bonds is 6. The Balaban J connectivity index is 1.70. The van der Waals surface area contributed by atoms with Gasteiger partial charge in [0.1, 0.15) is 0 Å². The van der Waals surface area contributed by atoms with Crippen LogP contribution < -0.4 is 25.1 Å². The van der Waals surface area contributed by atoms with Crippen molar-refractivity contribution in [2.24, 2.45) is 23.7 Å². The second kappa shape index (κ2) is 7.95. The Morgan fingerprint density at radius 2 is 1.50 bits per heavy atom. The monoisotopic (exact) mass is 392 g/mol. The lowest BCUT2D eigenvalue weighted by Crippen LogP contribution is -2.48. The molecule has 2 bridgehead atoms. The van der Waals surface area contributed by atoms with Crippen molar-refractivity contribution in [1.82, 2.24) is 10.9 Å². The molecule has 2 aliphatic rings. The van der Waals surface area contributed by atoms with Gasteiger partial charge in [0.2, 0.25) is 11.7 Å². The number of carboxylic acids is 1. The highest BCUT2D eigenvalue weighted by atomic mass is 16.5. The van der Waals surface area contributed by atoms with Gasteiger partial charge in [-0.3, -0.25) is 25.2 Å². The van der Waals surface area contributed by atoms with Crippen molar-refractivity contribution in [2.75, 3.05) is 21.3 Å². The molecule has 0 radical (unpaired) electrons. The number of amides is 2. The van der Waals surface area contributed by atoms with Crippen LogP contribution >= 0.6 is 0 Å². The molecule has 0 saturated heterocycles. The van der Waals surface area contributed by atoms with Gasteiger partial charge in [-0.05, 0) is 43.2 Å². The minimum atomic E-state index is -0.955. The van der Waals surface area contributed by atoms with E-state index in [9.17, 15) is 19.5 Å². The number of hydrogen-bond donors (Lipinski definition) is 3. The average molecular weight is 392 g/mol. The van der Waals surface area contributed by atoms with Crippen LogP contribution in [0.3, 0.4) is 0 Å². The van der Waals surface area contributed by atoms with Crippen molar-refractivity contribution >= 4 is 17.8 Å². The Labute approximate surface area is 162 Å². The number of fused-ring (bicyclic) bond motifs is 2. The molecule has 2 saturated carbocycles. The molecule has 0 aromatic heterocycles. The fourth-order valence-corrected chi connectivity index (χ4v) is 4.51. The van der Waals surface area contributed by atoms with E-state index in [4.69, 9.17) is 14.2 Å². The van der Waals surface area contributed by atoms with Crippen LogP contribution in [0.2, 0.25) is 0 Å². The maximum Gasteiger partial charge on any atom is 0.307 e. The van der Waals surface area contributed by atoms with Crippen LogP contribution in [0.15, 0.2) is 12.1 Å².